The van der Waals surface area contributed by atoms with Gasteiger partial charge in [0, 0.05) is 18.5 Å². The van der Waals surface area contributed by atoms with Gasteiger partial charge in [-0.05, 0) is 29.8 Å². The summed E-state index contributed by atoms with van der Waals surface area (Å²) in [7, 11) is 1.44. The molecule has 0 radical (unpaired) electrons. The second kappa shape index (κ2) is 7.61. The van der Waals surface area contributed by atoms with E-state index in [0.717, 1.165) is 10.8 Å². The average Bonchev–Trinajstić information content (AvgIpc) is 2.67. The fourth-order valence-electron chi connectivity index (χ4n) is 2.47. The molecule has 0 saturated carbocycles. The molecule has 27 heavy (non-hydrogen) atoms. The molecule has 1 heterocycles. The van der Waals surface area contributed by atoms with Crippen LogP contribution in [0.3, 0.4) is 0 Å². The summed E-state index contributed by atoms with van der Waals surface area (Å²) in [5, 5.41) is 4.69. The Balaban J connectivity index is 1.73. The lowest BCUT2D eigenvalue weighted by Gasteiger charge is -2.09. The molecular formula is C19H15FN4O3. The number of hydrogen-bond donors (Lipinski definition) is 2. The third-order valence-electron chi connectivity index (χ3n) is 3.75. The molecule has 2 N–H and O–H groups in total. The van der Waals surface area contributed by atoms with E-state index in [9.17, 15) is 18.8 Å². The molecule has 0 fully saturated rings. The van der Waals surface area contributed by atoms with Crippen molar-refractivity contribution in [1.82, 2.24) is 20.6 Å². The molecule has 2 aromatic carbocycles. The van der Waals surface area contributed by atoms with Crippen LogP contribution in [-0.4, -0.2) is 21.6 Å². The van der Waals surface area contributed by atoms with Crippen molar-refractivity contribution in [3.8, 4) is 0 Å². The van der Waals surface area contributed by atoms with E-state index in [2.05, 4.69) is 16.0 Å². The molecule has 2 amide bonds. The van der Waals surface area contributed by atoms with E-state index in [1.54, 1.807) is 30.3 Å². The third kappa shape index (κ3) is 4.06. The highest BCUT2D eigenvalue weighted by Crippen LogP contribution is 2.12. The lowest BCUT2D eigenvalue weighted by Crippen LogP contribution is -2.42. The third-order valence-corrected chi connectivity index (χ3v) is 3.75. The van der Waals surface area contributed by atoms with Crippen LogP contribution in [0.1, 0.15) is 16.1 Å². The number of amides is 2. The molecule has 0 aliphatic rings. The van der Waals surface area contributed by atoms with Crippen molar-refractivity contribution in [2.75, 3.05) is 0 Å². The summed E-state index contributed by atoms with van der Waals surface area (Å²) in [6.07, 6.45) is 2.56. The van der Waals surface area contributed by atoms with Gasteiger partial charge in [0.2, 0.25) is 0 Å². The Bertz CT molecular complexity index is 1120. The topological polar surface area (TPSA) is 93.1 Å². The van der Waals surface area contributed by atoms with Gasteiger partial charge in [-0.3, -0.25) is 25.2 Å². The Hall–Kier alpha value is -3.81. The number of hydrogen-bond acceptors (Lipinski definition) is 4. The minimum absolute atomic E-state index is 0.00195. The Morgan fingerprint density at radius 3 is 2.56 bits per heavy atom. The molecule has 0 spiro atoms. The number of nitrogens with zero attached hydrogens (tertiary/aromatic N) is 2. The highest BCUT2D eigenvalue weighted by molar-refractivity contribution is 6.05. The van der Waals surface area contributed by atoms with Gasteiger partial charge in [0.1, 0.15) is 5.82 Å². The van der Waals surface area contributed by atoms with Crippen LogP contribution >= 0.6 is 0 Å². The van der Waals surface area contributed by atoms with Gasteiger partial charge < -0.3 is 0 Å². The molecule has 0 bridgehead atoms. The van der Waals surface area contributed by atoms with Crippen molar-refractivity contribution in [3.63, 3.8) is 0 Å². The fourth-order valence-corrected chi connectivity index (χ4v) is 2.47. The lowest BCUT2D eigenvalue weighted by molar-refractivity contribution is -0.117. The van der Waals surface area contributed by atoms with Crippen molar-refractivity contribution in [2.45, 2.75) is 0 Å². The van der Waals surface area contributed by atoms with Crippen LogP contribution in [0.4, 0.5) is 4.39 Å². The first kappa shape index (κ1) is 18.0. The standard InChI is InChI=1S/C19H15FN4O3/c1-24-19(27)15-8-3-2-7-14(15)17(23-24)18(26)22-21-16(25)10-9-12-5-4-6-13(20)11-12/h2-11H,1H3,(H,21,25)(H,22,26)/b10-9+. The number of hydrazine groups is 1. The number of carbonyl (C=O) groups is 2. The van der Waals surface area contributed by atoms with Gasteiger partial charge in [0.15, 0.2) is 5.69 Å². The number of rotatable bonds is 3. The number of aryl methyl sites for hydroxylation is 1. The molecule has 136 valence electrons. The number of halogens is 1. The molecule has 0 aliphatic carbocycles. The lowest BCUT2D eigenvalue weighted by atomic mass is 10.1. The molecule has 3 rings (SSSR count). The first-order valence-corrected chi connectivity index (χ1v) is 7.96. The van der Waals surface area contributed by atoms with Crippen molar-refractivity contribution >= 4 is 28.7 Å². The van der Waals surface area contributed by atoms with Crippen molar-refractivity contribution < 1.29 is 14.0 Å². The van der Waals surface area contributed by atoms with E-state index in [1.165, 1.54) is 31.3 Å². The van der Waals surface area contributed by atoms with E-state index >= 15 is 0 Å². The maximum absolute atomic E-state index is 13.1. The number of nitrogens with one attached hydrogen (secondary N) is 2. The quantitative estimate of drug-likeness (QED) is 0.543. The van der Waals surface area contributed by atoms with Gasteiger partial charge in [0.25, 0.3) is 17.4 Å². The Morgan fingerprint density at radius 1 is 1.07 bits per heavy atom. The van der Waals surface area contributed by atoms with E-state index in [0.29, 0.717) is 16.3 Å². The molecule has 3 aromatic rings. The van der Waals surface area contributed by atoms with Crippen molar-refractivity contribution in [2.24, 2.45) is 7.05 Å². The zero-order chi connectivity index (χ0) is 19.4. The van der Waals surface area contributed by atoms with Gasteiger partial charge in [-0.1, -0.05) is 30.3 Å². The summed E-state index contributed by atoms with van der Waals surface area (Å²) in [6.45, 7) is 0. The van der Waals surface area contributed by atoms with Gasteiger partial charge in [0.05, 0.1) is 5.39 Å². The predicted octanol–water partition coefficient (Wildman–Crippen LogP) is 1.55. The van der Waals surface area contributed by atoms with Gasteiger partial charge >= 0.3 is 0 Å². The summed E-state index contributed by atoms with van der Waals surface area (Å²) >= 11 is 0. The van der Waals surface area contributed by atoms with E-state index in [4.69, 9.17) is 0 Å². The minimum atomic E-state index is -0.672. The first-order valence-electron chi connectivity index (χ1n) is 7.96. The van der Waals surface area contributed by atoms with Crippen LogP contribution in [0.15, 0.2) is 59.4 Å². The molecule has 7 nitrogen and oxygen atoms in total. The smallest absolute Gasteiger partial charge is 0.268 e. The van der Waals surface area contributed by atoms with Crippen LogP contribution in [0.2, 0.25) is 0 Å². The Labute approximate surface area is 153 Å². The molecule has 0 saturated heterocycles. The van der Waals surface area contributed by atoms with Crippen molar-refractivity contribution in [3.05, 3.63) is 82.0 Å². The second-order valence-electron chi connectivity index (χ2n) is 5.65. The number of aromatic nitrogens is 2. The zero-order valence-electron chi connectivity index (χ0n) is 14.3. The maximum atomic E-state index is 13.1. The first-order chi connectivity index (χ1) is 13.0. The fraction of sp³-hybridized carbons (Fsp3) is 0.0526. The molecule has 1 aromatic heterocycles. The summed E-state index contributed by atoms with van der Waals surface area (Å²) < 4.78 is 14.2. The van der Waals surface area contributed by atoms with Gasteiger partial charge in [-0.15, -0.1) is 0 Å². The van der Waals surface area contributed by atoms with E-state index < -0.39 is 17.6 Å². The van der Waals surface area contributed by atoms with Crippen LogP contribution in [0, 0.1) is 5.82 Å². The predicted molar refractivity (Wildman–Crippen MR) is 98.0 cm³/mol. The van der Waals surface area contributed by atoms with Crippen molar-refractivity contribution in [1.29, 1.82) is 0 Å². The minimum Gasteiger partial charge on any atom is -0.268 e. The Morgan fingerprint density at radius 2 is 1.81 bits per heavy atom. The van der Waals surface area contributed by atoms with Crippen LogP contribution < -0.4 is 16.4 Å². The summed E-state index contributed by atoms with van der Waals surface area (Å²) in [4.78, 5) is 36.3. The summed E-state index contributed by atoms with van der Waals surface area (Å²) in [5.41, 5.74) is 4.64. The second-order valence-corrected chi connectivity index (χ2v) is 5.65. The number of carbonyl (C=O) groups excluding carboxylic acids is 2. The number of benzene rings is 2. The number of fused-ring (bicyclic) bond motifs is 1. The van der Waals surface area contributed by atoms with E-state index in [-0.39, 0.29) is 11.3 Å². The molecule has 0 atom stereocenters. The normalized spacial score (nSPS) is 10.9. The largest absolute Gasteiger partial charge is 0.290 e. The molecular weight excluding hydrogens is 351 g/mol. The maximum Gasteiger partial charge on any atom is 0.290 e. The highest BCUT2D eigenvalue weighted by atomic mass is 19.1. The summed E-state index contributed by atoms with van der Waals surface area (Å²) in [5.74, 6) is -1.70. The zero-order valence-corrected chi connectivity index (χ0v) is 14.3. The summed E-state index contributed by atoms with van der Waals surface area (Å²) in [6, 6.07) is 12.3. The molecule has 8 heteroatoms. The van der Waals surface area contributed by atoms with Gasteiger partial charge in [-0.25, -0.2) is 9.07 Å². The SMILES string of the molecule is Cn1nc(C(=O)NNC(=O)/C=C/c2cccc(F)c2)c2ccccc2c1=O. The van der Waals surface area contributed by atoms with E-state index in [1.807, 2.05) is 0 Å². The molecule has 0 unspecified atom stereocenters. The average molecular weight is 366 g/mol. The monoisotopic (exact) mass is 366 g/mol. The van der Waals surface area contributed by atoms with Gasteiger partial charge in [-0.2, -0.15) is 5.10 Å². The molecule has 0 aliphatic heterocycles. The van der Waals surface area contributed by atoms with Crippen LogP contribution in [0.5, 0.6) is 0 Å². The van der Waals surface area contributed by atoms with Crippen LogP contribution in [0.25, 0.3) is 16.8 Å². The Kier molecular flexibility index (Phi) is 5.07. The highest BCUT2D eigenvalue weighted by Gasteiger charge is 2.15. The van der Waals surface area contributed by atoms with Crippen LogP contribution in [-0.2, 0) is 11.8 Å².